The van der Waals surface area contributed by atoms with Crippen molar-refractivity contribution < 1.29 is 9.18 Å². The Morgan fingerprint density at radius 1 is 1.03 bits per heavy atom. The molecule has 0 aliphatic carbocycles. The van der Waals surface area contributed by atoms with Crippen molar-refractivity contribution in [1.82, 2.24) is 20.1 Å². The van der Waals surface area contributed by atoms with Gasteiger partial charge in [0.2, 0.25) is 0 Å². The first-order valence-corrected chi connectivity index (χ1v) is 13.3. The number of amides is 1. The van der Waals surface area contributed by atoms with Gasteiger partial charge in [0.1, 0.15) is 5.82 Å². The van der Waals surface area contributed by atoms with E-state index >= 15 is 0 Å². The minimum atomic E-state index is -0.268. The zero-order chi connectivity index (χ0) is 25.5. The first-order chi connectivity index (χ1) is 17.4. The van der Waals surface area contributed by atoms with Gasteiger partial charge in [0, 0.05) is 16.3 Å². The van der Waals surface area contributed by atoms with E-state index in [4.69, 9.17) is 11.6 Å². The number of nitrogens with one attached hydrogen (secondary N) is 1. The van der Waals surface area contributed by atoms with Crippen molar-refractivity contribution >= 4 is 29.3 Å². The van der Waals surface area contributed by atoms with E-state index in [1.807, 2.05) is 54.0 Å². The van der Waals surface area contributed by atoms with E-state index in [2.05, 4.69) is 22.4 Å². The van der Waals surface area contributed by atoms with Crippen LogP contribution in [-0.2, 0) is 18.7 Å². The van der Waals surface area contributed by atoms with Crippen molar-refractivity contribution in [1.29, 1.82) is 0 Å². The molecule has 0 bridgehead atoms. The Balaban J connectivity index is 1.54. The van der Waals surface area contributed by atoms with Gasteiger partial charge in [-0.25, -0.2) is 4.39 Å². The van der Waals surface area contributed by atoms with Crippen molar-refractivity contribution in [3.63, 3.8) is 0 Å². The summed E-state index contributed by atoms with van der Waals surface area (Å²) in [5, 5.41) is 13.0. The molecule has 0 saturated carbocycles. The monoisotopic (exact) mass is 522 g/mol. The van der Waals surface area contributed by atoms with Gasteiger partial charge in [-0.1, -0.05) is 67.0 Å². The van der Waals surface area contributed by atoms with E-state index < -0.39 is 0 Å². The molecule has 4 rings (SSSR count). The number of aryl methyl sites for hydroxylation is 2. The molecule has 186 valence electrons. The summed E-state index contributed by atoms with van der Waals surface area (Å²) in [5.41, 5.74) is 4.64. The van der Waals surface area contributed by atoms with E-state index in [1.54, 1.807) is 12.1 Å². The number of carbonyl (C=O) groups is 1. The quantitative estimate of drug-likeness (QED) is 0.229. The summed E-state index contributed by atoms with van der Waals surface area (Å²) in [7, 11) is 0. The first kappa shape index (κ1) is 25.9. The van der Waals surface area contributed by atoms with E-state index in [9.17, 15) is 9.18 Å². The van der Waals surface area contributed by atoms with Crippen LogP contribution in [0.15, 0.2) is 71.9 Å². The lowest BCUT2D eigenvalue weighted by Gasteiger charge is -2.14. The highest BCUT2D eigenvalue weighted by atomic mass is 35.5. The summed E-state index contributed by atoms with van der Waals surface area (Å²) in [6, 6.07) is 19.8. The van der Waals surface area contributed by atoms with E-state index in [1.165, 1.54) is 29.5 Å². The van der Waals surface area contributed by atoms with Crippen LogP contribution in [0.1, 0.15) is 52.6 Å². The maximum Gasteiger partial charge on any atom is 0.251 e. The number of nitrogens with zero attached hydrogens (tertiary/aromatic N) is 3. The molecule has 0 aliphatic heterocycles. The zero-order valence-electron chi connectivity index (χ0n) is 20.3. The summed E-state index contributed by atoms with van der Waals surface area (Å²) in [4.78, 5) is 12.8. The van der Waals surface area contributed by atoms with Gasteiger partial charge in [-0.15, -0.1) is 10.2 Å². The highest BCUT2D eigenvalue weighted by molar-refractivity contribution is 7.98. The van der Waals surface area contributed by atoms with Crippen LogP contribution in [0.4, 0.5) is 4.39 Å². The predicted molar refractivity (Wildman–Crippen MR) is 143 cm³/mol. The van der Waals surface area contributed by atoms with Crippen LogP contribution >= 0.6 is 23.4 Å². The SMILES string of the molecule is CCCCc1ccc(C(=O)NCc2nnc(SCc3ccc(F)cc3)n2-c2cc(Cl)ccc2C)cc1. The highest BCUT2D eigenvalue weighted by Gasteiger charge is 2.18. The minimum absolute atomic E-state index is 0.171. The lowest BCUT2D eigenvalue weighted by molar-refractivity contribution is 0.0949. The number of rotatable bonds is 10. The Kier molecular flexibility index (Phi) is 8.78. The van der Waals surface area contributed by atoms with Gasteiger partial charge in [0.05, 0.1) is 12.2 Å². The second-order valence-corrected chi connectivity index (χ2v) is 9.94. The average Bonchev–Trinajstić information content (AvgIpc) is 3.30. The third kappa shape index (κ3) is 6.53. The van der Waals surface area contributed by atoms with Crippen LogP contribution in [0.5, 0.6) is 0 Å². The van der Waals surface area contributed by atoms with E-state index in [-0.39, 0.29) is 18.3 Å². The molecule has 1 amide bonds. The van der Waals surface area contributed by atoms with Gasteiger partial charge in [-0.2, -0.15) is 0 Å². The molecule has 0 radical (unpaired) electrons. The number of carbonyl (C=O) groups excluding carboxylic acids is 1. The number of halogens is 2. The van der Waals surface area contributed by atoms with Gasteiger partial charge in [-0.3, -0.25) is 9.36 Å². The first-order valence-electron chi connectivity index (χ1n) is 11.9. The molecule has 1 heterocycles. The fourth-order valence-corrected chi connectivity index (χ4v) is 4.85. The van der Waals surface area contributed by atoms with Gasteiger partial charge < -0.3 is 5.32 Å². The lowest BCUT2D eigenvalue weighted by atomic mass is 10.1. The Morgan fingerprint density at radius 2 is 1.75 bits per heavy atom. The second-order valence-electron chi connectivity index (χ2n) is 8.56. The highest BCUT2D eigenvalue weighted by Crippen LogP contribution is 2.28. The number of unbranched alkanes of at least 4 members (excludes halogenated alkanes) is 1. The molecule has 0 aliphatic rings. The van der Waals surface area contributed by atoms with Gasteiger partial charge in [0.25, 0.3) is 5.91 Å². The van der Waals surface area contributed by atoms with Crippen LogP contribution < -0.4 is 5.32 Å². The van der Waals surface area contributed by atoms with Crippen molar-refractivity contribution in [2.24, 2.45) is 0 Å². The standard InChI is InChI=1S/C28H28ClFN4OS/c1-3-4-5-20-7-11-22(12-8-20)27(35)31-17-26-32-33-28(36-18-21-9-14-24(30)15-10-21)34(26)25-16-23(29)13-6-19(25)2/h6-16H,3-5,17-18H2,1-2H3,(H,31,35). The summed E-state index contributed by atoms with van der Waals surface area (Å²) in [6.07, 6.45) is 3.28. The van der Waals surface area contributed by atoms with E-state index in [0.717, 1.165) is 36.1 Å². The topological polar surface area (TPSA) is 59.8 Å². The molecule has 3 aromatic carbocycles. The molecule has 1 N–H and O–H groups in total. The Hall–Kier alpha value is -3.16. The minimum Gasteiger partial charge on any atom is -0.345 e. The molecule has 0 spiro atoms. The number of aromatic nitrogens is 3. The molecular weight excluding hydrogens is 495 g/mol. The van der Waals surface area contributed by atoms with Crippen LogP contribution in [0, 0.1) is 12.7 Å². The molecular formula is C28H28ClFN4OS. The van der Waals surface area contributed by atoms with Crippen LogP contribution in [0.3, 0.4) is 0 Å². The molecule has 0 fully saturated rings. The number of benzene rings is 3. The maximum atomic E-state index is 13.3. The van der Waals surface area contributed by atoms with Crippen molar-refractivity contribution in [3.8, 4) is 5.69 Å². The molecule has 1 aromatic heterocycles. The third-order valence-corrected chi connectivity index (χ3v) is 7.07. The van der Waals surface area contributed by atoms with Crippen molar-refractivity contribution in [2.45, 2.75) is 50.6 Å². The zero-order valence-corrected chi connectivity index (χ0v) is 21.9. The lowest BCUT2D eigenvalue weighted by Crippen LogP contribution is -2.24. The van der Waals surface area contributed by atoms with Crippen molar-refractivity contribution in [2.75, 3.05) is 0 Å². The maximum absolute atomic E-state index is 13.3. The Bertz CT molecular complexity index is 1320. The summed E-state index contributed by atoms with van der Waals surface area (Å²) in [5.74, 6) is 0.745. The normalized spacial score (nSPS) is 11.0. The van der Waals surface area contributed by atoms with Gasteiger partial charge >= 0.3 is 0 Å². The van der Waals surface area contributed by atoms with E-state index in [0.29, 0.717) is 27.3 Å². The number of hydrogen-bond donors (Lipinski definition) is 1. The molecule has 0 saturated heterocycles. The summed E-state index contributed by atoms with van der Waals surface area (Å²) < 4.78 is 15.2. The van der Waals surface area contributed by atoms with Gasteiger partial charge in [0.15, 0.2) is 11.0 Å². The van der Waals surface area contributed by atoms with Crippen LogP contribution in [-0.4, -0.2) is 20.7 Å². The smallest absolute Gasteiger partial charge is 0.251 e. The third-order valence-electron chi connectivity index (χ3n) is 5.84. The largest absolute Gasteiger partial charge is 0.345 e. The van der Waals surface area contributed by atoms with Gasteiger partial charge in [-0.05, 0) is 72.9 Å². The number of thioether (sulfide) groups is 1. The molecule has 4 aromatic rings. The average molecular weight is 523 g/mol. The summed E-state index contributed by atoms with van der Waals surface area (Å²) in [6.45, 7) is 4.35. The molecule has 0 atom stereocenters. The molecule has 0 unspecified atom stereocenters. The Labute approximate surface area is 220 Å². The molecule has 8 heteroatoms. The second kappa shape index (κ2) is 12.2. The fraction of sp³-hybridized carbons (Fsp3) is 0.250. The number of hydrogen-bond acceptors (Lipinski definition) is 4. The van der Waals surface area contributed by atoms with Crippen molar-refractivity contribution in [3.05, 3.63) is 106 Å². The Morgan fingerprint density at radius 3 is 2.47 bits per heavy atom. The summed E-state index contributed by atoms with van der Waals surface area (Å²) >= 11 is 7.80. The predicted octanol–water partition coefficient (Wildman–Crippen LogP) is 6.93. The van der Waals surface area contributed by atoms with Crippen LogP contribution in [0.25, 0.3) is 5.69 Å². The molecule has 5 nitrogen and oxygen atoms in total. The molecule has 36 heavy (non-hydrogen) atoms. The van der Waals surface area contributed by atoms with Crippen LogP contribution in [0.2, 0.25) is 5.02 Å². The fourth-order valence-electron chi connectivity index (χ4n) is 3.77.